The van der Waals surface area contributed by atoms with Crippen LogP contribution in [0.4, 0.5) is 0 Å². The molecule has 39 heavy (non-hydrogen) atoms. The number of hydrogen-bond donors (Lipinski definition) is 2. The molecule has 0 aromatic rings. The Morgan fingerprint density at radius 1 is 0.513 bits per heavy atom. The lowest BCUT2D eigenvalue weighted by atomic mass is 10.1. The summed E-state index contributed by atoms with van der Waals surface area (Å²) in [6, 6.07) is -0.478. The van der Waals surface area contributed by atoms with E-state index in [-0.39, 0.29) is 6.61 Å². The number of nitrogens with zero attached hydrogens (tertiary/aromatic N) is 2. The fourth-order valence-electron chi connectivity index (χ4n) is 5.66. The molecule has 0 saturated heterocycles. The molecule has 0 bridgehead atoms. The molecule has 0 spiro atoms. The van der Waals surface area contributed by atoms with Gasteiger partial charge in [0, 0.05) is 19.6 Å². The predicted octanol–water partition coefficient (Wildman–Crippen LogP) is 9.07. The van der Waals surface area contributed by atoms with Crippen molar-refractivity contribution >= 4 is 5.97 Å². The molecule has 0 aromatic carbocycles. The highest BCUT2D eigenvalue weighted by atomic mass is 16.4. The third-order valence-corrected chi connectivity index (χ3v) is 8.30. The average Bonchev–Trinajstić information content (AvgIpc) is 2.93. The number of carboxylic acid groups (broad SMARTS) is 1. The standard InChI is InChI=1S/C34H70N2O3/c1-4-7-10-12-14-16-18-20-22-24-27-35(28-25-23-21-19-17-15-13-11-8-5-2)29-30-36(31-32-37)33(34(38)39)26-9-6-3/h33,37H,4-32H2,1-3H3,(H,38,39). The lowest BCUT2D eigenvalue weighted by Gasteiger charge is -2.31. The molecule has 0 aliphatic carbocycles. The lowest BCUT2D eigenvalue weighted by molar-refractivity contribution is -0.144. The topological polar surface area (TPSA) is 64.0 Å². The van der Waals surface area contributed by atoms with Gasteiger partial charge in [0.25, 0.3) is 0 Å². The molecule has 0 aliphatic rings. The first-order chi connectivity index (χ1) is 19.1. The second kappa shape index (κ2) is 30.3. The van der Waals surface area contributed by atoms with Crippen LogP contribution in [0.1, 0.15) is 168 Å². The summed E-state index contributed by atoms with van der Waals surface area (Å²) in [6.07, 6.45) is 29.7. The number of aliphatic carboxylic acids is 1. The Balaban J connectivity index is 4.51. The maximum Gasteiger partial charge on any atom is 0.320 e. The Hall–Kier alpha value is -0.650. The molecule has 1 unspecified atom stereocenters. The summed E-state index contributed by atoms with van der Waals surface area (Å²) < 4.78 is 0. The summed E-state index contributed by atoms with van der Waals surface area (Å²) in [5.41, 5.74) is 0. The van der Waals surface area contributed by atoms with Crippen LogP contribution in [0.25, 0.3) is 0 Å². The molecule has 2 N–H and O–H groups in total. The van der Waals surface area contributed by atoms with E-state index in [4.69, 9.17) is 0 Å². The molecule has 0 radical (unpaired) electrons. The van der Waals surface area contributed by atoms with E-state index in [1.54, 1.807) is 0 Å². The smallest absolute Gasteiger partial charge is 0.320 e. The number of carboxylic acids is 1. The summed E-state index contributed by atoms with van der Waals surface area (Å²) >= 11 is 0. The highest BCUT2D eigenvalue weighted by molar-refractivity contribution is 5.73. The molecule has 0 aromatic heterocycles. The van der Waals surface area contributed by atoms with Crippen molar-refractivity contribution in [2.24, 2.45) is 0 Å². The van der Waals surface area contributed by atoms with E-state index in [2.05, 4.69) is 25.7 Å². The summed E-state index contributed by atoms with van der Waals surface area (Å²) in [4.78, 5) is 16.6. The number of aliphatic hydroxyl groups excluding tert-OH is 1. The maximum absolute atomic E-state index is 12.0. The summed E-state index contributed by atoms with van der Waals surface area (Å²) in [6.45, 7) is 11.0. The van der Waals surface area contributed by atoms with E-state index in [1.165, 1.54) is 128 Å². The minimum absolute atomic E-state index is 0.0206. The van der Waals surface area contributed by atoms with Gasteiger partial charge in [-0.25, -0.2) is 0 Å². The van der Waals surface area contributed by atoms with Crippen molar-refractivity contribution in [1.29, 1.82) is 0 Å². The van der Waals surface area contributed by atoms with Crippen molar-refractivity contribution in [2.75, 3.05) is 39.3 Å². The zero-order valence-corrected chi connectivity index (χ0v) is 26.8. The van der Waals surface area contributed by atoms with E-state index in [0.717, 1.165) is 39.0 Å². The largest absolute Gasteiger partial charge is 0.480 e. The SMILES string of the molecule is CCCCCCCCCCCCN(CCCCCCCCCCCC)CCN(CCO)C(CCCC)C(=O)O. The van der Waals surface area contributed by atoms with Gasteiger partial charge in [0.05, 0.1) is 6.61 Å². The molecular weight excluding hydrogens is 484 g/mol. The Morgan fingerprint density at radius 3 is 1.26 bits per heavy atom. The normalized spacial score (nSPS) is 12.6. The van der Waals surface area contributed by atoms with Gasteiger partial charge in [-0.15, -0.1) is 0 Å². The second-order valence-corrected chi connectivity index (χ2v) is 12.0. The molecular formula is C34H70N2O3. The molecule has 0 rings (SSSR count). The number of unbranched alkanes of at least 4 members (excludes halogenated alkanes) is 19. The lowest BCUT2D eigenvalue weighted by Crippen LogP contribution is -2.46. The molecule has 5 heteroatoms. The monoisotopic (exact) mass is 555 g/mol. The van der Waals surface area contributed by atoms with E-state index >= 15 is 0 Å². The summed E-state index contributed by atoms with van der Waals surface area (Å²) in [5.74, 6) is -0.743. The van der Waals surface area contributed by atoms with Crippen molar-refractivity contribution < 1.29 is 15.0 Å². The van der Waals surface area contributed by atoms with E-state index in [0.29, 0.717) is 13.0 Å². The molecule has 0 heterocycles. The molecule has 5 nitrogen and oxygen atoms in total. The average molecular weight is 555 g/mol. The van der Waals surface area contributed by atoms with E-state index < -0.39 is 12.0 Å². The van der Waals surface area contributed by atoms with Gasteiger partial charge < -0.3 is 15.1 Å². The number of carbonyl (C=O) groups is 1. The van der Waals surface area contributed by atoms with Crippen molar-refractivity contribution in [1.82, 2.24) is 9.80 Å². The molecule has 0 aliphatic heterocycles. The minimum Gasteiger partial charge on any atom is -0.480 e. The van der Waals surface area contributed by atoms with Crippen molar-refractivity contribution in [3.63, 3.8) is 0 Å². The first-order valence-corrected chi connectivity index (χ1v) is 17.4. The Morgan fingerprint density at radius 2 is 0.897 bits per heavy atom. The van der Waals surface area contributed by atoms with E-state index in [1.807, 2.05) is 4.90 Å². The third kappa shape index (κ3) is 24.8. The fourth-order valence-corrected chi connectivity index (χ4v) is 5.66. The number of hydrogen-bond acceptors (Lipinski definition) is 4. The minimum atomic E-state index is -0.743. The Bertz CT molecular complexity index is 479. The molecule has 0 saturated carbocycles. The molecule has 1 atom stereocenters. The first kappa shape index (κ1) is 38.4. The van der Waals surface area contributed by atoms with Crippen LogP contribution in [0, 0.1) is 0 Å². The Kier molecular flexibility index (Phi) is 29.8. The van der Waals surface area contributed by atoms with Crippen LogP contribution < -0.4 is 0 Å². The zero-order chi connectivity index (χ0) is 28.8. The van der Waals surface area contributed by atoms with Crippen LogP contribution in [0.3, 0.4) is 0 Å². The highest BCUT2D eigenvalue weighted by Crippen LogP contribution is 2.14. The third-order valence-electron chi connectivity index (χ3n) is 8.30. The number of aliphatic hydroxyl groups is 1. The maximum atomic E-state index is 12.0. The highest BCUT2D eigenvalue weighted by Gasteiger charge is 2.25. The van der Waals surface area contributed by atoms with Crippen LogP contribution in [-0.4, -0.2) is 71.4 Å². The van der Waals surface area contributed by atoms with E-state index in [9.17, 15) is 15.0 Å². The van der Waals surface area contributed by atoms with Crippen LogP contribution in [-0.2, 0) is 4.79 Å². The van der Waals surface area contributed by atoms with Gasteiger partial charge in [-0.1, -0.05) is 149 Å². The van der Waals surface area contributed by atoms with Crippen LogP contribution in [0.5, 0.6) is 0 Å². The van der Waals surface area contributed by atoms with Crippen molar-refractivity contribution in [2.45, 2.75) is 174 Å². The van der Waals surface area contributed by atoms with Gasteiger partial charge in [0.2, 0.25) is 0 Å². The van der Waals surface area contributed by atoms with Gasteiger partial charge in [-0.2, -0.15) is 0 Å². The second-order valence-electron chi connectivity index (χ2n) is 12.0. The van der Waals surface area contributed by atoms with Gasteiger partial charge in [0.1, 0.15) is 6.04 Å². The molecule has 0 fully saturated rings. The zero-order valence-electron chi connectivity index (χ0n) is 26.8. The molecule has 0 amide bonds. The summed E-state index contributed by atoms with van der Waals surface area (Å²) in [7, 11) is 0. The predicted molar refractivity (Wildman–Crippen MR) is 170 cm³/mol. The summed E-state index contributed by atoms with van der Waals surface area (Å²) in [5, 5.41) is 19.5. The number of rotatable bonds is 32. The molecule has 234 valence electrons. The Labute approximate surface area is 244 Å². The van der Waals surface area contributed by atoms with Crippen LogP contribution in [0.2, 0.25) is 0 Å². The van der Waals surface area contributed by atoms with Crippen molar-refractivity contribution in [3.8, 4) is 0 Å². The van der Waals surface area contributed by atoms with Crippen LogP contribution >= 0.6 is 0 Å². The van der Waals surface area contributed by atoms with Crippen molar-refractivity contribution in [3.05, 3.63) is 0 Å². The first-order valence-electron chi connectivity index (χ1n) is 17.4. The van der Waals surface area contributed by atoms with Crippen LogP contribution in [0.15, 0.2) is 0 Å². The quantitative estimate of drug-likeness (QED) is 0.0812. The fraction of sp³-hybridized carbons (Fsp3) is 0.971. The van der Waals surface area contributed by atoms with Gasteiger partial charge in [0.15, 0.2) is 0 Å². The van der Waals surface area contributed by atoms with Gasteiger partial charge in [-0.05, 0) is 32.4 Å². The van der Waals surface area contributed by atoms with Gasteiger partial charge >= 0.3 is 5.97 Å². The van der Waals surface area contributed by atoms with Gasteiger partial charge in [-0.3, -0.25) is 9.69 Å².